The number of nitrogens with one attached hydrogen (secondary N) is 1. The average Bonchev–Trinajstić information content (AvgIpc) is 2.60. The van der Waals surface area contributed by atoms with Crippen molar-refractivity contribution in [3.63, 3.8) is 0 Å². The highest BCUT2D eigenvalue weighted by molar-refractivity contribution is 9.10. The van der Waals surface area contributed by atoms with Gasteiger partial charge in [-0.25, -0.2) is 14.2 Å². The number of benzene rings is 1. The third-order valence-electron chi connectivity index (χ3n) is 3.85. The smallest absolute Gasteiger partial charge is 0.322 e. The van der Waals surface area contributed by atoms with E-state index in [4.69, 9.17) is 0 Å². The predicted octanol–water partition coefficient (Wildman–Crippen LogP) is 2.73. The zero-order valence-electron chi connectivity index (χ0n) is 13.0. The number of urea groups is 1. The van der Waals surface area contributed by atoms with E-state index in [-0.39, 0.29) is 11.8 Å². The van der Waals surface area contributed by atoms with Gasteiger partial charge in [0, 0.05) is 45.1 Å². The number of carbonyl (C=O) groups excluding carboxylic acids is 1. The Morgan fingerprint density at radius 2 is 2.04 bits per heavy atom. The number of hydrogen-bond acceptors (Lipinski definition) is 4. The van der Waals surface area contributed by atoms with Crippen molar-refractivity contribution in [1.29, 1.82) is 0 Å². The zero-order valence-corrected chi connectivity index (χ0v) is 14.5. The van der Waals surface area contributed by atoms with Gasteiger partial charge in [-0.15, -0.1) is 0 Å². The van der Waals surface area contributed by atoms with Crippen molar-refractivity contribution >= 4 is 27.8 Å². The molecule has 8 heteroatoms. The summed E-state index contributed by atoms with van der Waals surface area (Å²) in [5.41, 5.74) is 0.924. The molecular formula is C16H17BrFN5O. The normalized spacial score (nSPS) is 15.3. The van der Waals surface area contributed by atoms with Crippen LogP contribution in [0.5, 0.6) is 0 Å². The molecule has 0 saturated carbocycles. The number of rotatable bonds is 3. The number of amides is 2. The second-order valence-corrected chi connectivity index (χ2v) is 6.39. The van der Waals surface area contributed by atoms with Crippen LogP contribution in [0.1, 0.15) is 5.56 Å². The number of carbonyl (C=O) groups is 1. The minimum Gasteiger partial charge on any atom is -0.322 e. The monoisotopic (exact) mass is 393 g/mol. The molecular weight excluding hydrogens is 377 g/mol. The van der Waals surface area contributed by atoms with Gasteiger partial charge in [0.2, 0.25) is 0 Å². The van der Waals surface area contributed by atoms with E-state index >= 15 is 0 Å². The lowest BCUT2D eigenvalue weighted by atomic mass is 10.2. The van der Waals surface area contributed by atoms with E-state index in [9.17, 15) is 9.18 Å². The van der Waals surface area contributed by atoms with E-state index in [1.165, 1.54) is 18.5 Å². The third kappa shape index (κ3) is 4.27. The van der Waals surface area contributed by atoms with Crippen molar-refractivity contribution in [1.82, 2.24) is 19.8 Å². The molecule has 0 radical (unpaired) electrons. The van der Waals surface area contributed by atoms with E-state index in [0.29, 0.717) is 29.9 Å². The van der Waals surface area contributed by atoms with Gasteiger partial charge in [0.25, 0.3) is 0 Å². The van der Waals surface area contributed by atoms with Gasteiger partial charge in [0.1, 0.15) is 5.82 Å². The highest BCUT2D eigenvalue weighted by Crippen LogP contribution is 2.18. The largest absolute Gasteiger partial charge is 0.323 e. The van der Waals surface area contributed by atoms with Crippen molar-refractivity contribution < 1.29 is 9.18 Å². The van der Waals surface area contributed by atoms with Gasteiger partial charge in [0.05, 0.1) is 10.7 Å². The van der Waals surface area contributed by atoms with E-state index in [1.54, 1.807) is 17.2 Å². The molecule has 24 heavy (non-hydrogen) atoms. The van der Waals surface area contributed by atoms with Crippen LogP contribution in [0.4, 0.5) is 15.0 Å². The van der Waals surface area contributed by atoms with Crippen LogP contribution in [0.25, 0.3) is 0 Å². The highest BCUT2D eigenvalue weighted by Gasteiger charge is 2.21. The lowest BCUT2D eigenvalue weighted by Crippen LogP contribution is -2.49. The summed E-state index contributed by atoms with van der Waals surface area (Å²) in [7, 11) is 0. The molecule has 126 valence electrons. The Balaban J connectivity index is 1.50. The molecule has 2 heterocycles. The van der Waals surface area contributed by atoms with E-state index < -0.39 is 0 Å². The molecule has 0 atom stereocenters. The first-order valence-electron chi connectivity index (χ1n) is 7.60. The molecule has 1 aromatic heterocycles. The van der Waals surface area contributed by atoms with Crippen molar-refractivity contribution in [2.45, 2.75) is 6.54 Å². The lowest BCUT2D eigenvalue weighted by Gasteiger charge is -2.34. The summed E-state index contributed by atoms with van der Waals surface area (Å²) in [6.07, 6.45) is 4.60. The van der Waals surface area contributed by atoms with Crippen LogP contribution < -0.4 is 5.32 Å². The van der Waals surface area contributed by atoms with Crippen molar-refractivity contribution in [2.24, 2.45) is 0 Å². The predicted molar refractivity (Wildman–Crippen MR) is 92.0 cm³/mol. The van der Waals surface area contributed by atoms with Crippen LogP contribution in [0.2, 0.25) is 0 Å². The molecule has 1 saturated heterocycles. The molecule has 1 fully saturated rings. The Morgan fingerprint density at radius 3 is 2.71 bits per heavy atom. The Kier molecular flexibility index (Phi) is 5.37. The molecule has 6 nitrogen and oxygen atoms in total. The molecule has 1 N–H and O–H groups in total. The number of hydrogen-bond donors (Lipinski definition) is 1. The summed E-state index contributed by atoms with van der Waals surface area (Å²) in [4.78, 5) is 24.1. The van der Waals surface area contributed by atoms with Gasteiger partial charge in [-0.1, -0.05) is 6.07 Å². The van der Waals surface area contributed by atoms with Crippen molar-refractivity contribution in [3.8, 4) is 0 Å². The summed E-state index contributed by atoms with van der Waals surface area (Å²) in [5.74, 6) is 0.185. The van der Waals surface area contributed by atoms with Crippen molar-refractivity contribution in [3.05, 3.63) is 52.6 Å². The number of halogens is 2. The van der Waals surface area contributed by atoms with E-state index in [0.717, 1.165) is 18.7 Å². The Labute approximate surface area is 147 Å². The van der Waals surface area contributed by atoms with E-state index in [1.807, 2.05) is 6.07 Å². The molecule has 3 rings (SSSR count). The molecule has 2 aromatic rings. The fourth-order valence-corrected chi connectivity index (χ4v) is 2.80. The summed E-state index contributed by atoms with van der Waals surface area (Å²) in [6, 6.07) is 4.98. The van der Waals surface area contributed by atoms with Gasteiger partial charge in [-0.3, -0.25) is 15.2 Å². The summed E-state index contributed by atoms with van der Waals surface area (Å²) in [6.45, 7) is 3.39. The van der Waals surface area contributed by atoms with Crippen LogP contribution >= 0.6 is 15.9 Å². The topological polar surface area (TPSA) is 61.4 Å². The first-order valence-corrected chi connectivity index (χ1v) is 8.39. The molecule has 1 aromatic carbocycles. The lowest BCUT2D eigenvalue weighted by molar-refractivity contribution is 0.143. The quantitative estimate of drug-likeness (QED) is 0.870. The van der Waals surface area contributed by atoms with Gasteiger partial charge in [-0.05, 0) is 33.6 Å². The number of nitrogens with zero attached hydrogens (tertiary/aromatic N) is 4. The van der Waals surface area contributed by atoms with Crippen LogP contribution in [0.15, 0.2) is 41.3 Å². The first kappa shape index (κ1) is 16.8. The molecule has 2 amide bonds. The highest BCUT2D eigenvalue weighted by atomic mass is 79.9. The summed E-state index contributed by atoms with van der Waals surface area (Å²) < 4.78 is 14.0. The Morgan fingerprint density at radius 1 is 1.25 bits per heavy atom. The van der Waals surface area contributed by atoms with Crippen LogP contribution in [-0.4, -0.2) is 52.0 Å². The Hall–Kier alpha value is -2.06. The Bertz CT molecular complexity index is 707. The molecule has 1 aliphatic rings. The second kappa shape index (κ2) is 7.67. The maximum atomic E-state index is 13.6. The van der Waals surface area contributed by atoms with Crippen LogP contribution in [0.3, 0.4) is 0 Å². The van der Waals surface area contributed by atoms with Gasteiger partial charge >= 0.3 is 6.03 Å². The minimum atomic E-state index is -0.255. The summed E-state index contributed by atoms with van der Waals surface area (Å²) in [5, 5.41) is 2.73. The zero-order chi connectivity index (χ0) is 16.9. The molecule has 0 spiro atoms. The van der Waals surface area contributed by atoms with Gasteiger partial charge in [0.15, 0.2) is 5.82 Å². The van der Waals surface area contributed by atoms with Gasteiger partial charge in [-0.2, -0.15) is 0 Å². The fraction of sp³-hybridized carbons (Fsp3) is 0.312. The van der Waals surface area contributed by atoms with Crippen LogP contribution in [0, 0.1) is 5.82 Å². The average molecular weight is 394 g/mol. The molecule has 0 aliphatic carbocycles. The third-order valence-corrected chi connectivity index (χ3v) is 4.49. The first-order chi connectivity index (χ1) is 11.6. The molecule has 0 bridgehead atoms. The van der Waals surface area contributed by atoms with Gasteiger partial charge < -0.3 is 4.90 Å². The minimum absolute atomic E-state index is 0.176. The van der Waals surface area contributed by atoms with E-state index in [2.05, 4.69) is 36.1 Å². The number of aromatic nitrogens is 2. The maximum Gasteiger partial charge on any atom is 0.323 e. The maximum absolute atomic E-state index is 13.6. The number of anilines is 1. The fourth-order valence-electron chi connectivity index (χ4n) is 2.56. The molecule has 0 unspecified atom stereocenters. The number of piperazine rings is 1. The van der Waals surface area contributed by atoms with Crippen LogP contribution in [-0.2, 0) is 6.54 Å². The standard InChI is InChI=1S/C16H17BrFN5O/c17-13-2-1-12(9-14(13)18)11-22-5-7-23(8-6-22)16(24)21-15-10-19-3-4-20-15/h1-4,9-10H,5-8,11H2,(H,20,21,24). The SMILES string of the molecule is O=C(Nc1cnccn1)N1CCN(Cc2ccc(Br)c(F)c2)CC1. The second-order valence-electron chi connectivity index (χ2n) is 5.53. The molecule has 1 aliphatic heterocycles. The summed E-state index contributed by atoms with van der Waals surface area (Å²) >= 11 is 3.16. The van der Waals surface area contributed by atoms with Crippen molar-refractivity contribution in [2.75, 3.05) is 31.5 Å².